The molecule has 2 aromatic heterocycles. The zero-order valence-corrected chi connectivity index (χ0v) is 11.4. The van der Waals surface area contributed by atoms with Crippen LogP contribution in [0.15, 0.2) is 12.3 Å². The molecule has 0 saturated carbocycles. The smallest absolute Gasteiger partial charge is 0.160 e. The van der Waals surface area contributed by atoms with Crippen molar-refractivity contribution < 1.29 is 4.21 Å². The summed E-state index contributed by atoms with van der Waals surface area (Å²) in [6.07, 6.45) is 3.45. The van der Waals surface area contributed by atoms with Gasteiger partial charge in [-0.1, -0.05) is 0 Å². The summed E-state index contributed by atoms with van der Waals surface area (Å²) in [5.41, 5.74) is 2.79. The second-order valence-corrected chi connectivity index (χ2v) is 5.71. The summed E-state index contributed by atoms with van der Waals surface area (Å²) in [4.78, 5) is 8.81. The van der Waals surface area contributed by atoms with Crippen LogP contribution in [0.1, 0.15) is 11.4 Å². The van der Waals surface area contributed by atoms with Gasteiger partial charge in [0.05, 0.1) is 5.88 Å². The molecule has 0 bridgehead atoms. The van der Waals surface area contributed by atoms with E-state index in [1.54, 1.807) is 12.5 Å². The predicted octanol–water partition coefficient (Wildman–Crippen LogP) is 1.86. The van der Waals surface area contributed by atoms with Crippen LogP contribution in [-0.4, -0.2) is 30.8 Å². The van der Waals surface area contributed by atoms with Gasteiger partial charge < -0.3 is 4.57 Å². The van der Waals surface area contributed by atoms with Crippen LogP contribution >= 0.6 is 11.6 Å². The van der Waals surface area contributed by atoms with Crippen molar-refractivity contribution in [3.05, 3.63) is 23.7 Å². The first kappa shape index (κ1) is 12.5. The normalized spacial score (nSPS) is 13.1. The number of alkyl halides is 1. The Hall–Kier alpha value is -0.940. The lowest BCUT2D eigenvalue weighted by Crippen LogP contribution is -2.09. The highest BCUT2D eigenvalue weighted by atomic mass is 35.5. The third-order valence-corrected chi connectivity index (χ3v) is 3.63. The topological polar surface area (TPSA) is 47.8 Å². The van der Waals surface area contributed by atoms with E-state index in [4.69, 9.17) is 11.6 Å². The Morgan fingerprint density at radius 2 is 2.29 bits per heavy atom. The molecule has 0 aliphatic rings. The average Bonchev–Trinajstić information content (AvgIpc) is 2.66. The molecule has 17 heavy (non-hydrogen) atoms. The second-order valence-electron chi connectivity index (χ2n) is 3.89. The molecule has 0 aliphatic heterocycles. The molecule has 0 radical (unpaired) electrons. The number of hydrogen-bond donors (Lipinski definition) is 0. The zero-order valence-electron chi connectivity index (χ0n) is 9.81. The number of imidazole rings is 1. The molecule has 4 nitrogen and oxygen atoms in total. The number of pyridine rings is 1. The fourth-order valence-electron chi connectivity index (χ4n) is 1.74. The van der Waals surface area contributed by atoms with Crippen molar-refractivity contribution in [1.29, 1.82) is 0 Å². The average molecular weight is 272 g/mol. The summed E-state index contributed by atoms with van der Waals surface area (Å²) in [6, 6.07) is 1.93. The third kappa shape index (κ3) is 2.50. The van der Waals surface area contributed by atoms with Crippen molar-refractivity contribution in [2.45, 2.75) is 19.3 Å². The van der Waals surface area contributed by atoms with Crippen molar-refractivity contribution in [2.75, 3.05) is 12.0 Å². The van der Waals surface area contributed by atoms with E-state index >= 15 is 0 Å². The second kappa shape index (κ2) is 5.14. The molecule has 6 heteroatoms. The summed E-state index contributed by atoms with van der Waals surface area (Å²) in [5.74, 6) is 1.71. The minimum atomic E-state index is -0.828. The largest absolute Gasteiger partial charge is 0.311 e. The lowest BCUT2D eigenvalue weighted by Gasteiger charge is -2.05. The summed E-state index contributed by atoms with van der Waals surface area (Å²) < 4.78 is 13.1. The zero-order chi connectivity index (χ0) is 12.4. The Balaban J connectivity index is 2.51. The van der Waals surface area contributed by atoms with Gasteiger partial charge in [0.2, 0.25) is 0 Å². The minimum absolute atomic E-state index is 0.339. The summed E-state index contributed by atoms with van der Waals surface area (Å²) >= 11 is 5.88. The Labute approximate surface area is 107 Å². The summed E-state index contributed by atoms with van der Waals surface area (Å²) in [7, 11) is -0.828. The number of halogens is 1. The summed E-state index contributed by atoms with van der Waals surface area (Å²) in [6.45, 7) is 2.63. The number of aromatic nitrogens is 3. The highest BCUT2D eigenvalue weighted by Gasteiger charge is 2.12. The Bertz CT molecular complexity index is 567. The first-order chi connectivity index (χ1) is 8.13. The maximum Gasteiger partial charge on any atom is 0.160 e. The Morgan fingerprint density at radius 3 is 2.94 bits per heavy atom. The van der Waals surface area contributed by atoms with Crippen molar-refractivity contribution in [2.24, 2.45) is 0 Å². The first-order valence-electron chi connectivity index (χ1n) is 5.30. The lowest BCUT2D eigenvalue weighted by atomic mass is 10.3. The molecule has 0 aromatic carbocycles. The quantitative estimate of drug-likeness (QED) is 0.798. The maximum atomic E-state index is 11.2. The van der Waals surface area contributed by atoms with Gasteiger partial charge in [-0.2, -0.15) is 0 Å². The predicted molar refractivity (Wildman–Crippen MR) is 70.8 cm³/mol. The van der Waals surface area contributed by atoms with E-state index in [0.29, 0.717) is 18.2 Å². The highest BCUT2D eigenvalue weighted by molar-refractivity contribution is 7.84. The summed E-state index contributed by atoms with van der Waals surface area (Å²) in [5, 5.41) is 0. The van der Waals surface area contributed by atoms with Crippen molar-refractivity contribution in [1.82, 2.24) is 14.5 Å². The van der Waals surface area contributed by atoms with Crippen molar-refractivity contribution in [3.8, 4) is 0 Å². The third-order valence-electron chi connectivity index (χ3n) is 2.64. The Morgan fingerprint density at radius 1 is 1.53 bits per heavy atom. The van der Waals surface area contributed by atoms with Crippen LogP contribution in [0.5, 0.6) is 0 Å². The molecule has 1 atom stereocenters. The Kier molecular flexibility index (Phi) is 3.79. The monoisotopic (exact) mass is 271 g/mol. The number of fused-ring (bicyclic) bond motifs is 1. The van der Waals surface area contributed by atoms with Gasteiger partial charge in [-0.05, 0) is 18.6 Å². The molecule has 1 unspecified atom stereocenters. The van der Waals surface area contributed by atoms with Crippen LogP contribution in [0, 0.1) is 6.92 Å². The van der Waals surface area contributed by atoms with E-state index in [1.807, 2.05) is 17.6 Å². The first-order valence-corrected chi connectivity index (χ1v) is 7.56. The number of rotatable bonds is 4. The van der Waals surface area contributed by atoms with Gasteiger partial charge in [0.1, 0.15) is 11.3 Å². The molecular formula is C11H14ClN3OS. The molecule has 2 heterocycles. The molecule has 2 rings (SSSR count). The molecule has 0 saturated heterocycles. The molecule has 0 spiro atoms. The maximum absolute atomic E-state index is 11.2. The van der Waals surface area contributed by atoms with Gasteiger partial charge in [-0.15, -0.1) is 11.6 Å². The van der Waals surface area contributed by atoms with Gasteiger partial charge >= 0.3 is 0 Å². The molecule has 0 N–H and O–H groups in total. The van der Waals surface area contributed by atoms with Crippen molar-refractivity contribution >= 4 is 33.6 Å². The van der Waals surface area contributed by atoms with Crippen LogP contribution < -0.4 is 0 Å². The van der Waals surface area contributed by atoms with Crippen LogP contribution in [0.4, 0.5) is 0 Å². The number of hydrogen-bond acceptors (Lipinski definition) is 3. The van der Waals surface area contributed by atoms with Crippen LogP contribution in [0.25, 0.3) is 11.2 Å². The van der Waals surface area contributed by atoms with Crippen LogP contribution in [-0.2, 0) is 23.2 Å². The van der Waals surface area contributed by atoms with Gasteiger partial charge in [0.15, 0.2) is 5.65 Å². The fraction of sp³-hybridized carbons (Fsp3) is 0.455. The van der Waals surface area contributed by atoms with Crippen LogP contribution in [0.3, 0.4) is 0 Å². The minimum Gasteiger partial charge on any atom is -0.311 e. The molecule has 0 amide bonds. The van der Waals surface area contributed by atoms with Crippen molar-refractivity contribution in [3.63, 3.8) is 0 Å². The lowest BCUT2D eigenvalue weighted by molar-refractivity contribution is 0.675. The van der Waals surface area contributed by atoms with Crippen LogP contribution in [0.2, 0.25) is 0 Å². The standard InChI is InChI=1S/C11H14ClN3OS/c1-8-3-4-13-11-10(8)14-9(7-12)15(11)5-6-17(2)16/h3-4H,5-7H2,1-2H3. The van der Waals surface area contributed by atoms with E-state index in [0.717, 1.165) is 22.6 Å². The van der Waals surface area contributed by atoms with Gasteiger partial charge in [-0.25, -0.2) is 9.97 Å². The number of aryl methyl sites for hydroxylation is 2. The van der Waals surface area contributed by atoms with E-state index in [1.165, 1.54) is 0 Å². The fourth-order valence-corrected chi connectivity index (χ4v) is 2.38. The molecule has 0 fully saturated rings. The van der Waals surface area contributed by atoms with E-state index < -0.39 is 10.8 Å². The van der Waals surface area contributed by atoms with E-state index in [9.17, 15) is 4.21 Å². The van der Waals surface area contributed by atoms with E-state index in [-0.39, 0.29) is 0 Å². The SMILES string of the molecule is Cc1ccnc2c1nc(CCl)n2CCS(C)=O. The van der Waals surface area contributed by atoms with E-state index in [2.05, 4.69) is 9.97 Å². The molecule has 0 aliphatic carbocycles. The molecule has 92 valence electrons. The highest BCUT2D eigenvalue weighted by Crippen LogP contribution is 2.18. The molecular weight excluding hydrogens is 258 g/mol. The number of nitrogens with zero attached hydrogens (tertiary/aromatic N) is 3. The van der Waals surface area contributed by atoms with Gasteiger partial charge in [0, 0.05) is 35.5 Å². The van der Waals surface area contributed by atoms with Gasteiger partial charge in [-0.3, -0.25) is 4.21 Å². The molecule has 2 aromatic rings. The van der Waals surface area contributed by atoms with Gasteiger partial charge in [0.25, 0.3) is 0 Å².